The zero-order chi connectivity index (χ0) is 16.9. The van der Waals surface area contributed by atoms with Crippen LogP contribution in [0.15, 0.2) is 48.7 Å². The second-order valence-corrected chi connectivity index (χ2v) is 5.69. The SMILES string of the molecule is NCc1cc(C(=O)N2CCN(C(=O)c3ccccc3)CC2)ccn1. The minimum absolute atomic E-state index is 0.0111. The Kier molecular flexibility index (Phi) is 4.86. The first-order valence-electron chi connectivity index (χ1n) is 7.97. The maximum atomic E-state index is 12.6. The Morgan fingerprint density at radius 1 is 0.917 bits per heavy atom. The summed E-state index contributed by atoms with van der Waals surface area (Å²) in [5, 5.41) is 0. The van der Waals surface area contributed by atoms with E-state index in [-0.39, 0.29) is 11.8 Å². The molecule has 0 radical (unpaired) electrons. The molecule has 0 aliphatic carbocycles. The molecule has 0 saturated carbocycles. The third kappa shape index (κ3) is 3.44. The second-order valence-electron chi connectivity index (χ2n) is 5.69. The smallest absolute Gasteiger partial charge is 0.254 e. The molecule has 0 atom stereocenters. The molecule has 0 spiro atoms. The summed E-state index contributed by atoms with van der Waals surface area (Å²) in [6, 6.07) is 12.6. The lowest BCUT2D eigenvalue weighted by atomic mass is 10.1. The summed E-state index contributed by atoms with van der Waals surface area (Å²) in [6.45, 7) is 2.43. The fourth-order valence-corrected chi connectivity index (χ4v) is 2.78. The average Bonchev–Trinajstić information content (AvgIpc) is 2.67. The van der Waals surface area contributed by atoms with E-state index >= 15 is 0 Å². The molecule has 1 aliphatic rings. The Morgan fingerprint density at radius 2 is 1.50 bits per heavy atom. The lowest BCUT2D eigenvalue weighted by Gasteiger charge is -2.35. The molecular weight excluding hydrogens is 304 g/mol. The van der Waals surface area contributed by atoms with E-state index in [9.17, 15) is 9.59 Å². The summed E-state index contributed by atoms with van der Waals surface area (Å²) in [7, 11) is 0. The van der Waals surface area contributed by atoms with Crippen LogP contribution in [0.5, 0.6) is 0 Å². The Bertz CT molecular complexity index is 725. The van der Waals surface area contributed by atoms with Crippen LogP contribution in [0.3, 0.4) is 0 Å². The second kappa shape index (κ2) is 7.23. The van der Waals surface area contributed by atoms with Gasteiger partial charge in [-0.05, 0) is 24.3 Å². The highest BCUT2D eigenvalue weighted by molar-refractivity contribution is 5.96. The first kappa shape index (κ1) is 16.1. The molecule has 1 fully saturated rings. The van der Waals surface area contributed by atoms with Gasteiger partial charge in [-0.15, -0.1) is 0 Å². The number of carbonyl (C=O) groups is 2. The van der Waals surface area contributed by atoms with E-state index in [1.54, 1.807) is 28.1 Å². The Hall–Kier alpha value is -2.73. The zero-order valence-corrected chi connectivity index (χ0v) is 13.4. The lowest BCUT2D eigenvalue weighted by molar-refractivity contribution is 0.0535. The van der Waals surface area contributed by atoms with E-state index in [2.05, 4.69) is 4.98 Å². The van der Waals surface area contributed by atoms with Crippen LogP contribution >= 0.6 is 0 Å². The van der Waals surface area contributed by atoms with Crippen molar-refractivity contribution in [2.45, 2.75) is 6.54 Å². The molecule has 0 unspecified atom stereocenters. The first-order chi connectivity index (χ1) is 11.7. The monoisotopic (exact) mass is 324 g/mol. The Balaban J connectivity index is 1.62. The molecule has 1 aromatic heterocycles. The lowest BCUT2D eigenvalue weighted by Crippen LogP contribution is -2.50. The van der Waals surface area contributed by atoms with E-state index < -0.39 is 0 Å². The molecule has 124 valence electrons. The number of nitrogens with zero attached hydrogens (tertiary/aromatic N) is 3. The van der Waals surface area contributed by atoms with Crippen LogP contribution in [0.4, 0.5) is 0 Å². The predicted molar refractivity (Wildman–Crippen MR) is 90.4 cm³/mol. The molecule has 3 rings (SSSR count). The minimum atomic E-state index is -0.0427. The fourth-order valence-electron chi connectivity index (χ4n) is 2.78. The van der Waals surface area contributed by atoms with Crippen LogP contribution in [-0.4, -0.2) is 52.8 Å². The molecule has 2 aromatic rings. The van der Waals surface area contributed by atoms with Gasteiger partial charge in [0.1, 0.15) is 0 Å². The molecule has 0 bridgehead atoms. The summed E-state index contributed by atoms with van der Waals surface area (Å²) in [5.41, 5.74) is 7.54. The Morgan fingerprint density at radius 3 is 2.08 bits per heavy atom. The third-order valence-electron chi connectivity index (χ3n) is 4.15. The van der Waals surface area contributed by atoms with Crippen molar-refractivity contribution in [2.75, 3.05) is 26.2 Å². The molecule has 6 nitrogen and oxygen atoms in total. The van der Waals surface area contributed by atoms with Gasteiger partial charge in [-0.25, -0.2) is 0 Å². The highest BCUT2D eigenvalue weighted by atomic mass is 16.2. The zero-order valence-electron chi connectivity index (χ0n) is 13.4. The van der Waals surface area contributed by atoms with E-state index in [1.165, 1.54) is 0 Å². The first-order valence-corrected chi connectivity index (χ1v) is 7.97. The summed E-state index contributed by atoms with van der Waals surface area (Å²) in [6.07, 6.45) is 1.60. The van der Waals surface area contributed by atoms with Crippen molar-refractivity contribution < 1.29 is 9.59 Å². The third-order valence-corrected chi connectivity index (χ3v) is 4.15. The number of benzene rings is 1. The highest BCUT2D eigenvalue weighted by Crippen LogP contribution is 2.12. The maximum Gasteiger partial charge on any atom is 0.254 e. The van der Waals surface area contributed by atoms with Crippen molar-refractivity contribution >= 4 is 11.8 Å². The van der Waals surface area contributed by atoms with Gasteiger partial charge in [-0.1, -0.05) is 18.2 Å². The van der Waals surface area contributed by atoms with Gasteiger partial charge >= 0.3 is 0 Å². The average molecular weight is 324 g/mol. The normalized spacial score (nSPS) is 14.5. The molecule has 1 saturated heterocycles. The van der Waals surface area contributed by atoms with Crippen molar-refractivity contribution in [1.82, 2.24) is 14.8 Å². The van der Waals surface area contributed by atoms with Gasteiger partial charge in [0.05, 0.1) is 5.69 Å². The molecular formula is C18H20N4O2. The van der Waals surface area contributed by atoms with Gasteiger partial charge in [0, 0.05) is 50.0 Å². The van der Waals surface area contributed by atoms with Gasteiger partial charge in [-0.3, -0.25) is 14.6 Å². The van der Waals surface area contributed by atoms with Crippen LogP contribution < -0.4 is 5.73 Å². The molecule has 1 aliphatic heterocycles. The quantitative estimate of drug-likeness (QED) is 0.918. The highest BCUT2D eigenvalue weighted by Gasteiger charge is 2.25. The Labute approximate surface area is 140 Å². The fraction of sp³-hybridized carbons (Fsp3) is 0.278. The van der Waals surface area contributed by atoms with Crippen molar-refractivity contribution in [2.24, 2.45) is 5.73 Å². The number of amides is 2. The van der Waals surface area contributed by atoms with Crippen molar-refractivity contribution in [3.05, 3.63) is 65.5 Å². The predicted octanol–water partition coefficient (Wildman–Crippen LogP) is 1.14. The number of hydrogen-bond donors (Lipinski definition) is 1. The molecule has 2 heterocycles. The standard InChI is InChI=1S/C18H20N4O2/c19-13-16-12-15(6-7-20-16)18(24)22-10-8-21(9-11-22)17(23)14-4-2-1-3-5-14/h1-7,12H,8-11,13,19H2. The number of nitrogens with two attached hydrogens (primary N) is 1. The summed E-state index contributed by atoms with van der Waals surface area (Å²) < 4.78 is 0. The van der Waals surface area contributed by atoms with E-state index in [0.717, 1.165) is 0 Å². The number of rotatable bonds is 3. The molecule has 6 heteroatoms. The molecule has 2 N–H and O–H groups in total. The molecule has 2 amide bonds. The number of hydrogen-bond acceptors (Lipinski definition) is 4. The maximum absolute atomic E-state index is 12.6. The van der Waals surface area contributed by atoms with Gasteiger partial charge in [0.2, 0.25) is 0 Å². The summed E-state index contributed by atoms with van der Waals surface area (Å²) in [5.74, 6) is -0.0315. The molecule has 24 heavy (non-hydrogen) atoms. The number of pyridine rings is 1. The van der Waals surface area contributed by atoms with Crippen LogP contribution in [0, 0.1) is 0 Å². The van der Waals surface area contributed by atoms with Crippen LogP contribution in [0.25, 0.3) is 0 Å². The largest absolute Gasteiger partial charge is 0.335 e. The number of carbonyl (C=O) groups excluding carboxylic acids is 2. The van der Waals surface area contributed by atoms with Crippen molar-refractivity contribution in [1.29, 1.82) is 0 Å². The van der Waals surface area contributed by atoms with Crippen LogP contribution in [0.1, 0.15) is 26.4 Å². The van der Waals surface area contributed by atoms with Gasteiger partial charge in [0.15, 0.2) is 0 Å². The summed E-state index contributed by atoms with van der Waals surface area (Å²) >= 11 is 0. The van der Waals surface area contributed by atoms with Crippen molar-refractivity contribution in [3.8, 4) is 0 Å². The molecule has 1 aromatic carbocycles. The number of aromatic nitrogens is 1. The summed E-state index contributed by atoms with van der Waals surface area (Å²) in [4.78, 5) is 32.7. The van der Waals surface area contributed by atoms with Crippen molar-refractivity contribution in [3.63, 3.8) is 0 Å². The van der Waals surface area contributed by atoms with Crippen LogP contribution in [-0.2, 0) is 6.54 Å². The van der Waals surface area contributed by atoms with Crippen LogP contribution in [0.2, 0.25) is 0 Å². The van der Waals surface area contributed by atoms with E-state index in [4.69, 9.17) is 5.73 Å². The minimum Gasteiger partial charge on any atom is -0.335 e. The van der Waals surface area contributed by atoms with Gasteiger partial charge in [-0.2, -0.15) is 0 Å². The topological polar surface area (TPSA) is 79.5 Å². The van der Waals surface area contributed by atoms with Gasteiger partial charge < -0.3 is 15.5 Å². The number of piperazine rings is 1. The van der Waals surface area contributed by atoms with E-state index in [0.29, 0.717) is 49.5 Å². The van der Waals surface area contributed by atoms with Gasteiger partial charge in [0.25, 0.3) is 11.8 Å². The van der Waals surface area contributed by atoms with E-state index in [1.807, 2.05) is 30.3 Å².